The summed E-state index contributed by atoms with van der Waals surface area (Å²) in [4.78, 5) is 21.8. The minimum absolute atomic E-state index is 0.00982. The lowest BCUT2D eigenvalue weighted by Crippen LogP contribution is -2.55. The van der Waals surface area contributed by atoms with E-state index in [1.165, 1.54) is 0 Å². The fraction of sp³-hybridized carbons (Fsp3) is 0.321. The highest BCUT2D eigenvalue weighted by molar-refractivity contribution is 5.79. The average Bonchev–Trinajstić information content (AvgIpc) is 3.22. The van der Waals surface area contributed by atoms with Crippen LogP contribution in [-0.2, 0) is 33.2 Å². The third-order valence-electron chi connectivity index (χ3n) is 6.74. The molecule has 5 rings (SSSR count). The normalized spacial score (nSPS) is 24.8. The summed E-state index contributed by atoms with van der Waals surface area (Å²) in [5.74, 6) is 0.112. The van der Waals surface area contributed by atoms with E-state index >= 15 is 0 Å². The molecule has 0 N–H and O–H groups in total. The van der Waals surface area contributed by atoms with Crippen molar-refractivity contribution in [2.24, 2.45) is 0 Å². The van der Waals surface area contributed by atoms with E-state index < -0.39 is 5.72 Å². The number of nitrogens with zero attached hydrogens (tertiary/aromatic N) is 2. The van der Waals surface area contributed by atoms with E-state index in [0.717, 1.165) is 23.1 Å². The van der Waals surface area contributed by atoms with Crippen LogP contribution < -0.4 is 0 Å². The van der Waals surface area contributed by atoms with Crippen molar-refractivity contribution >= 4 is 5.91 Å². The standard InChI is InChI=1S/C28H30N2O3/c1-28(24-15-9-4-10-16-24)30-26(21-32-28)17-25(18-27(30)31)29(19-22-11-5-2-6-12-22)33-20-23-13-7-3-8-14-23/h2-16,25-26H,17-21H2,1H3/t25-,26+,28+/m1/s1. The summed E-state index contributed by atoms with van der Waals surface area (Å²) in [5.41, 5.74) is 2.57. The number of piperidine rings is 1. The van der Waals surface area contributed by atoms with E-state index in [9.17, 15) is 4.79 Å². The van der Waals surface area contributed by atoms with Gasteiger partial charge in [0.2, 0.25) is 5.91 Å². The summed E-state index contributed by atoms with van der Waals surface area (Å²) in [7, 11) is 0. The molecule has 0 aliphatic carbocycles. The Hall–Kier alpha value is -2.99. The Morgan fingerprint density at radius 3 is 2.21 bits per heavy atom. The first-order valence-electron chi connectivity index (χ1n) is 11.6. The summed E-state index contributed by atoms with van der Waals surface area (Å²) in [6, 6.07) is 30.5. The molecule has 0 bridgehead atoms. The van der Waals surface area contributed by atoms with Crippen LogP contribution in [0, 0.1) is 0 Å². The molecule has 3 aromatic rings. The number of hydroxylamine groups is 2. The molecule has 0 aromatic heterocycles. The number of amides is 1. The maximum absolute atomic E-state index is 13.5. The van der Waals surface area contributed by atoms with Crippen LogP contribution in [0.5, 0.6) is 0 Å². The zero-order valence-corrected chi connectivity index (χ0v) is 19.0. The number of fused-ring (bicyclic) bond motifs is 1. The van der Waals surface area contributed by atoms with E-state index in [1.54, 1.807) is 0 Å². The molecule has 0 saturated carbocycles. The number of carbonyl (C=O) groups is 1. The van der Waals surface area contributed by atoms with E-state index in [-0.39, 0.29) is 18.0 Å². The third kappa shape index (κ3) is 4.58. The van der Waals surface area contributed by atoms with E-state index in [4.69, 9.17) is 9.57 Å². The first kappa shape index (κ1) is 21.8. The largest absolute Gasteiger partial charge is 0.349 e. The van der Waals surface area contributed by atoms with Crippen LogP contribution in [-0.4, -0.2) is 34.6 Å². The Balaban J connectivity index is 1.35. The quantitative estimate of drug-likeness (QED) is 0.489. The second-order valence-electron chi connectivity index (χ2n) is 8.99. The molecule has 0 spiro atoms. The first-order chi connectivity index (χ1) is 16.1. The highest BCUT2D eigenvalue weighted by Gasteiger charge is 2.52. The Bertz CT molecular complexity index is 1060. The molecule has 33 heavy (non-hydrogen) atoms. The van der Waals surface area contributed by atoms with Crippen molar-refractivity contribution in [3.05, 3.63) is 108 Å². The second kappa shape index (κ2) is 9.48. The van der Waals surface area contributed by atoms with Gasteiger partial charge in [-0.15, -0.1) is 0 Å². The van der Waals surface area contributed by atoms with E-state index in [1.807, 2.05) is 83.6 Å². The van der Waals surface area contributed by atoms with Crippen molar-refractivity contribution in [3.63, 3.8) is 0 Å². The Morgan fingerprint density at radius 1 is 0.939 bits per heavy atom. The Labute approximate surface area is 195 Å². The lowest BCUT2D eigenvalue weighted by molar-refractivity contribution is -0.216. The molecule has 170 valence electrons. The minimum atomic E-state index is -0.719. The summed E-state index contributed by atoms with van der Waals surface area (Å²) >= 11 is 0. The van der Waals surface area contributed by atoms with Crippen molar-refractivity contribution in [2.75, 3.05) is 6.61 Å². The van der Waals surface area contributed by atoms with Crippen molar-refractivity contribution < 1.29 is 14.4 Å². The van der Waals surface area contributed by atoms with Gasteiger partial charge in [-0.3, -0.25) is 9.63 Å². The van der Waals surface area contributed by atoms with Gasteiger partial charge in [0.05, 0.1) is 19.3 Å². The summed E-state index contributed by atoms with van der Waals surface area (Å²) in [6.07, 6.45) is 1.22. The molecule has 3 atom stereocenters. The molecule has 1 amide bonds. The van der Waals surface area contributed by atoms with Gasteiger partial charge in [-0.25, -0.2) is 0 Å². The molecular weight excluding hydrogens is 412 g/mol. The van der Waals surface area contributed by atoms with Crippen molar-refractivity contribution in [3.8, 4) is 0 Å². The van der Waals surface area contributed by atoms with Crippen LogP contribution in [0.3, 0.4) is 0 Å². The van der Waals surface area contributed by atoms with E-state index in [0.29, 0.717) is 26.2 Å². The van der Waals surface area contributed by atoms with Crippen LogP contribution in [0.15, 0.2) is 91.0 Å². The maximum Gasteiger partial charge on any atom is 0.227 e. The lowest BCUT2D eigenvalue weighted by Gasteiger charge is -2.43. The van der Waals surface area contributed by atoms with Gasteiger partial charge in [0.1, 0.15) is 0 Å². The number of ether oxygens (including phenoxy) is 1. The number of benzene rings is 3. The fourth-order valence-corrected chi connectivity index (χ4v) is 5.03. The molecule has 5 heteroatoms. The van der Waals surface area contributed by atoms with Crippen LogP contribution in [0.2, 0.25) is 0 Å². The number of hydrogen-bond acceptors (Lipinski definition) is 4. The highest BCUT2D eigenvalue weighted by atomic mass is 16.7. The fourth-order valence-electron chi connectivity index (χ4n) is 5.03. The lowest BCUT2D eigenvalue weighted by atomic mass is 9.93. The van der Waals surface area contributed by atoms with Crippen LogP contribution in [0.4, 0.5) is 0 Å². The zero-order valence-electron chi connectivity index (χ0n) is 19.0. The summed E-state index contributed by atoms with van der Waals surface area (Å²) < 4.78 is 6.27. The van der Waals surface area contributed by atoms with E-state index in [2.05, 4.69) is 24.3 Å². The van der Waals surface area contributed by atoms with Crippen LogP contribution >= 0.6 is 0 Å². The van der Waals surface area contributed by atoms with Gasteiger partial charge in [0.25, 0.3) is 0 Å². The Kier molecular flexibility index (Phi) is 6.27. The van der Waals surface area contributed by atoms with Gasteiger partial charge in [-0.2, -0.15) is 5.06 Å². The maximum atomic E-state index is 13.5. The number of carbonyl (C=O) groups excluding carboxylic acids is 1. The van der Waals surface area contributed by atoms with Crippen LogP contribution in [0.1, 0.15) is 36.5 Å². The minimum Gasteiger partial charge on any atom is -0.349 e. The van der Waals surface area contributed by atoms with Crippen molar-refractivity contribution in [1.82, 2.24) is 9.96 Å². The monoisotopic (exact) mass is 442 g/mol. The SMILES string of the molecule is C[C@@]1(c2ccccc2)OC[C@@H]2C[C@@H](N(Cc3ccccc3)OCc3ccccc3)CC(=O)N21. The summed E-state index contributed by atoms with van der Waals surface area (Å²) in [5, 5.41) is 2.01. The van der Waals surface area contributed by atoms with Gasteiger partial charge < -0.3 is 9.64 Å². The predicted octanol–water partition coefficient (Wildman–Crippen LogP) is 4.88. The molecule has 5 nitrogen and oxygen atoms in total. The topological polar surface area (TPSA) is 42.0 Å². The van der Waals surface area contributed by atoms with Crippen molar-refractivity contribution in [2.45, 2.75) is 50.7 Å². The first-order valence-corrected chi connectivity index (χ1v) is 11.6. The molecule has 2 saturated heterocycles. The summed E-state index contributed by atoms with van der Waals surface area (Å²) in [6.45, 7) is 3.65. The highest BCUT2D eigenvalue weighted by Crippen LogP contribution is 2.42. The Morgan fingerprint density at radius 2 is 1.55 bits per heavy atom. The number of hydrogen-bond donors (Lipinski definition) is 0. The predicted molar refractivity (Wildman–Crippen MR) is 127 cm³/mol. The average molecular weight is 443 g/mol. The molecule has 0 unspecified atom stereocenters. The third-order valence-corrected chi connectivity index (χ3v) is 6.74. The van der Waals surface area contributed by atoms with Crippen LogP contribution in [0.25, 0.3) is 0 Å². The second-order valence-corrected chi connectivity index (χ2v) is 8.99. The molecule has 2 aliphatic heterocycles. The van der Waals surface area contributed by atoms with Gasteiger partial charge in [-0.1, -0.05) is 91.0 Å². The molecule has 2 heterocycles. The molecule has 3 aromatic carbocycles. The smallest absolute Gasteiger partial charge is 0.227 e. The van der Waals surface area contributed by atoms with Gasteiger partial charge >= 0.3 is 0 Å². The van der Waals surface area contributed by atoms with Gasteiger partial charge in [0, 0.05) is 24.6 Å². The van der Waals surface area contributed by atoms with Gasteiger partial charge in [-0.05, 0) is 24.5 Å². The molecule has 0 radical (unpaired) electrons. The molecule has 2 aliphatic rings. The molecule has 2 fully saturated rings. The molecular formula is C28H30N2O3. The number of rotatable bonds is 7. The van der Waals surface area contributed by atoms with Gasteiger partial charge in [0.15, 0.2) is 5.72 Å². The zero-order chi connectivity index (χ0) is 22.7. The van der Waals surface area contributed by atoms with Crippen molar-refractivity contribution in [1.29, 1.82) is 0 Å².